The van der Waals surface area contributed by atoms with Crippen LogP contribution in [-0.4, -0.2) is 35.5 Å². The van der Waals surface area contributed by atoms with Crippen LogP contribution in [0.3, 0.4) is 0 Å². The van der Waals surface area contributed by atoms with Crippen LogP contribution in [0.5, 0.6) is 0 Å². The second kappa shape index (κ2) is 6.07. The van der Waals surface area contributed by atoms with Gasteiger partial charge in [0.05, 0.1) is 0 Å². The molecule has 1 atom stereocenters. The van der Waals surface area contributed by atoms with E-state index in [0.29, 0.717) is 6.42 Å². The number of benzene rings is 1. The minimum atomic E-state index is -0.927. The minimum Gasteiger partial charge on any atom is -0.444 e. The van der Waals surface area contributed by atoms with Crippen molar-refractivity contribution >= 4 is 12.4 Å². The lowest BCUT2D eigenvalue weighted by Crippen LogP contribution is -2.51. The average molecular weight is 277 g/mol. The third-order valence-corrected chi connectivity index (χ3v) is 3.09. The summed E-state index contributed by atoms with van der Waals surface area (Å²) in [4.78, 5) is 25.0. The zero-order valence-electron chi connectivity index (χ0n) is 12.8. The van der Waals surface area contributed by atoms with Crippen molar-refractivity contribution in [2.24, 2.45) is 0 Å². The molecule has 0 aliphatic heterocycles. The number of carbonyl (C=O) groups is 2. The van der Waals surface area contributed by atoms with Crippen molar-refractivity contribution in [2.75, 3.05) is 7.05 Å². The molecule has 1 unspecified atom stereocenters. The van der Waals surface area contributed by atoms with E-state index in [1.54, 1.807) is 34.7 Å². The van der Waals surface area contributed by atoms with Gasteiger partial charge in [0.2, 0.25) is 0 Å². The second-order valence-corrected chi connectivity index (χ2v) is 6.18. The van der Waals surface area contributed by atoms with Gasteiger partial charge in [0, 0.05) is 13.5 Å². The zero-order valence-corrected chi connectivity index (χ0v) is 12.8. The van der Waals surface area contributed by atoms with Crippen LogP contribution in [0.1, 0.15) is 33.3 Å². The first-order chi connectivity index (χ1) is 9.18. The van der Waals surface area contributed by atoms with Crippen molar-refractivity contribution in [1.29, 1.82) is 0 Å². The topological polar surface area (TPSA) is 46.6 Å². The van der Waals surface area contributed by atoms with Gasteiger partial charge < -0.3 is 9.53 Å². The summed E-state index contributed by atoms with van der Waals surface area (Å²) in [5.41, 5.74) is -0.511. The molecule has 0 N–H and O–H groups in total. The van der Waals surface area contributed by atoms with Crippen molar-refractivity contribution in [1.82, 2.24) is 4.90 Å². The standard InChI is InChI=1S/C16H23NO3/c1-15(2,3)20-14(19)17(5)16(4,12-18)11-13-9-7-6-8-10-13/h6-10,12H,11H2,1-5H3. The zero-order chi connectivity index (χ0) is 15.4. The lowest BCUT2D eigenvalue weighted by Gasteiger charge is -2.35. The Labute approximate surface area is 120 Å². The van der Waals surface area contributed by atoms with E-state index < -0.39 is 17.2 Å². The first-order valence-corrected chi connectivity index (χ1v) is 6.65. The van der Waals surface area contributed by atoms with Crippen LogP contribution < -0.4 is 0 Å². The first-order valence-electron chi connectivity index (χ1n) is 6.65. The van der Waals surface area contributed by atoms with Crippen molar-refractivity contribution in [2.45, 2.75) is 45.3 Å². The quantitative estimate of drug-likeness (QED) is 0.795. The maximum atomic E-state index is 12.1. The van der Waals surface area contributed by atoms with Crippen molar-refractivity contribution in [3.63, 3.8) is 0 Å². The molecule has 20 heavy (non-hydrogen) atoms. The van der Waals surface area contributed by atoms with E-state index in [9.17, 15) is 9.59 Å². The van der Waals surface area contributed by atoms with Gasteiger partial charge in [0.25, 0.3) is 0 Å². The summed E-state index contributed by atoms with van der Waals surface area (Å²) in [6.07, 6.45) is 0.750. The number of rotatable bonds is 4. The van der Waals surface area contributed by atoms with Crippen molar-refractivity contribution in [3.8, 4) is 0 Å². The highest BCUT2D eigenvalue weighted by Gasteiger charge is 2.35. The van der Waals surface area contributed by atoms with Crippen LogP contribution >= 0.6 is 0 Å². The molecule has 0 heterocycles. The number of hydrogen-bond acceptors (Lipinski definition) is 3. The van der Waals surface area contributed by atoms with E-state index in [1.807, 2.05) is 30.3 Å². The SMILES string of the molecule is CN(C(=O)OC(C)(C)C)C(C)(C=O)Cc1ccccc1. The summed E-state index contributed by atoms with van der Waals surface area (Å²) in [6.45, 7) is 7.13. The molecule has 1 rings (SSSR count). The van der Waals surface area contributed by atoms with Gasteiger partial charge >= 0.3 is 6.09 Å². The van der Waals surface area contributed by atoms with E-state index in [2.05, 4.69) is 0 Å². The fourth-order valence-electron chi connectivity index (χ4n) is 1.79. The molecule has 0 spiro atoms. The smallest absolute Gasteiger partial charge is 0.410 e. The maximum absolute atomic E-state index is 12.1. The molecule has 1 aromatic rings. The Morgan fingerprint density at radius 1 is 1.20 bits per heavy atom. The largest absolute Gasteiger partial charge is 0.444 e. The summed E-state index contributed by atoms with van der Waals surface area (Å²) in [5, 5.41) is 0. The van der Waals surface area contributed by atoms with Gasteiger partial charge in [-0.2, -0.15) is 0 Å². The predicted molar refractivity (Wildman–Crippen MR) is 78.6 cm³/mol. The van der Waals surface area contributed by atoms with Gasteiger partial charge in [-0.15, -0.1) is 0 Å². The van der Waals surface area contributed by atoms with Crippen molar-refractivity contribution < 1.29 is 14.3 Å². The summed E-state index contributed by atoms with van der Waals surface area (Å²) < 4.78 is 5.31. The highest BCUT2D eigenvalue weighted by molar-refractivity contribution is 5.76. The number of carbonyl (C=O) groups excluding carboxylic acids is 2. The Balaban J connectivity index is 2.87. The Morgan fingerprint density at radius 2 is 1.75 bits per heavy atom. The van der Waals surface area contributed by atoms with Gasteiger partial charge in [-0.25, -0.2) is 4.79 Å². The fourth-order valence-corrected chi connectivity index (χ4v) is 1.79. The number of likely N-dealkylation sites (N-methyl/N-ethyl adjacent to an activating group) is 1. The Hall–Kier alpha value is -1.84. The second-order valence-electron chi connectivity index (χ2n) is 6.18. The first kappa shape index (κ1) is 16.2. The molecule has 0 bridgehead atoms. The van der Waals surface area contributed by atoms with Crippen LogP contribution in [0.15, 0.2) is 30.3 Å². The van der Waals surface area contributed by atoms with E-state index >= 15 is 0 Å². The lowest BCUT2D eigenvalue weighted by molar-refractivity contribution is -0.117. The molecule has 4 heteroatoms. The van der Waals surface area contributed by atoms with Crippen molar-refractivity contribution in [3.05, 3.63) is 35.9 Å². The molecule has 110 valence electrons. The summed E-state index contributed by atoms with van der Waals surface area (Å²) in [6, 6.07) is 9.61. The molecular formula is C16H23NO3. The number of hydrogen-bond donors (Lipinski definition) is 0. The molecule has 0 fully saturated rings. The molecule has 4 nitrogen and oxygen atoms in total. The average Bonchev–Trinajstić information content (AvgIpc) is 2.36. The van der Waals surface area contributed by atoms with Gasteiger partial charge in [0.1, 0.15) is 17.4 Å². The summed E-state index contributed by atoms with van der Waals surface area (Å²) in [5.74, 6) is 0. The predicted octanol–water partition coefficient (Wildman–Crippen LogP) is 3.05. The molecule has 1 aromatic carbocycles. The Bertz CT molecular complexity index is 464. The van der Waals surface area contributed by atoms with E-state index in [0.717, 1.165) is 11.8 Å². The van der Waals surface area contributed by atoms with Crippen LogP contribution in [0.2, 0.25) is 0 Å². The summed E-state index contributed by atoms with van der Waals surface area (Å²) in [7, 11) is 1.59. The number of nitrogens with zero attached hydrogens (tertiary/aromatic N) is 1. The normalized spacial score (nSPS) is 14.2. The molecule has 1 amide bonds. The molecule has 0 saturated carbocycles. The van der Waals surface area contributed by atoms with E-state index in [-0.39, 0.29) is 0 Å². The number of aldehydes is 1. The molecule has 0 saturated heterocycles. The fraction of sp³-hybridized carbons (Fsp3) is 0.500. The Morgan fingerprint density at radius 3 is 2.20 bits per heavy atom. The van der Waals surface area contributed by atoms with E-state index in [1.165, 1.54) is 4.90 Å². The number of ether oxygens (including phenoxy) is 1. The van der Waals surface area contributed by atoms with Gasteiger partial charge in [-0.3, -0.25) is 4.90 Å². The lowest BCUT2D eigenvalue weighted by atomic mass is 9.93. The number of amides is 1. The van der Waals surface area contributed by atoms with Crippen LogP contribution in [0.25, 0.3) is 0 Å². The maximum Gasteiger partial charge on any atom is 0.410 e. The highest BCUT2D eigenvalue weighted by atomic mass is 16.6. The molecule has 0 radical (unpaired) electrons. The Kier molecular flexibility index (Phi) is 4.93. The molecular weight excluding hydrogens is 254 g/mol. The highest BCUT2D eigenvalue weighted by Crippen LogP contribution is 2.20. The van der Waals surface area contributed by atoms with Crippen LogP contribution in [0, 0.1) is 0 Å². The van der Waals surface area contributed by atoms with Crippen LogP contribution in [0.4, 0.5) is 4.79 Å². The van der Waals surface area contributed by atoms with Crippen LogP contribution in [-0.2, 0) is 16.0 Å². The van der Waals surface area contributed by atoms with Gasteiger partial charge in [-0.05, 0) is 33.3 Å². The van der Waals surface area contributed by atoms with Gasteiger partial charge in [-0.1, -0.05) is 30.3 Å². The molecule has 0 aromatic heterocycles. The molecule has 0 aliphatic carbocycles. The minimum absolute atomic E-state index is 0.451. The van der Waals surface area contributed by atoms with Gasteiger partial charge in [0.15, 0.2) is 0 Å². The monoisotopic (exact) mass is 277 g/mol. The summed E-state index contributed by atoms with van der Waals surface area (Å²) >= 11 is 0. The third-order valence-electron chi connectivity index (χ3n) is 3.09. The molecule has 0 aliphatic rings. The third kappa shape index (κ3) is 4.37. The van der Waals surface area contributed by atoms with E-state index in [4.69, 9.17) is 4.74 Å².